The molecule has 0 radical (unpaired) electrons. The van der Waals surface area contributed by atoms with E-state index in [2.05, 4.69) is 0 Å². The Hall–Kier alpha value is -1.97. The predicted molar refractivity (Wildman–Crippen MR) is 53.0 cm³/mol. The van der Waals surface area contributed by atoms with Crippen molar-refractivity contribution in [2.24, 2.45) is 0 Å². The normalized spacial score (nSPS) is 10.5. The van der Waals surface area contributed by atoms with Crippen molar-refractivity contribution in [3.8, 4) is 16.9 Å². The molecule has 1 aliphatic carbocycles. The van der Waals surface area contributed by atoms with Crippen molar-refractivity contribution >= 4 is 5.97 Å². The van der Waals surface area contributed by atoms with Crippen LogP contribution in [0.15, 0.2) is 28.9 Å². The van der Waals surface area contributed by atoms with E-state index in [9.17, 15) is 9.90 Å². The van der Waals surface area contributed by atoms with Crippen molar-refractivity contribution in [2.75, 3.05) is 6.61 Å². The van der Waals surface area contributed by atoms with Crippen molar-refractivity contribution < 1.29 is 19.1 Å². The summed E-state index contributed by atoms with van der Waals surface area (Å²) >= 11 is 0. The first-order valence-electron chi connectivity index (χ1n) is 4.59. The maximum Gasteiger partial charge on any atom is 0.374 e. The number of hydrogen-bond acceptors (Lipinski definition) is 4. The van der Waals surface area contributed by atoms with Crippen LogP contribution in [0.1, 0.15) is 17.5 Å². The van der Waals surface area contributed by atoms with Crippen molar-refractivity contribution in [1.29, 1.82) is 0 Å². The zero-order chi connectivity index (χ0) is 10.8. The van der Waals surface area contributed by atoms with Gasteiger partial charge in [-0.1, -0.05) is 0 Å². The molecule has 0 aromatic carbocycles. The second-order valence-electron chi connectivity index (χ2n) is 3.09. The van der Waals surface area contributed by atoms with E-state index in [1.165, 1.54) is 6.26 Å². The van der Waals surface area contributed by atoms with Crippen LogP contribution in [0.2, 0.25) is 0 Å². The smallest absolute Gasteiger partial charge is 0.374 e. The zero-order valence-electron chi connectivity index (χ0n) is 8.19. The number of rotatable bonds is 2. The number of carbonyl (C=O) groups is 1. The van der Waals surface area contributed by atoms with E-state index >= 15 is 0 Å². The maximum absolute atomic E-state index is 11.3. The molecule has 78 valence electrons. The van der Waals surface area contributed by atoms with Crippen molar-refractivity contribution in [2.45, 2.75) is 6.92 Å². The quantitative estimate of drug-likeness (QED) is 0.765. The van der Waals surface area contributed by atoms with Crippen LogP contribution < -0.4 is 0 Å². The van der Waals surface area contributed by atoms with Crippen LogP contribution in [0.25, 0.3) is 11.1 Å². The highest BCUT2D eigenvalue weighted by Crippen LogP contribution is 2.30. The Balaban J connectivity index is 2.39. The Kier molecular flexibility index (Phi) is 2.33. The fourth-order valence-electron chi connectivity index (χ4n) is 1.37. The molecule has 0 aromatic heterocycles. The van der Waals surface area contributed by atoms with Crippen LogP contribution in [0.3, 0.4) is 0 Å². The van der Waals surface area contributed by atoms with Gasteiger partial charge in [0.2, 0.25) is 5.76 Å². The number of esters is 1. The van der Waals surface area contributed by atoms with Crippen LogP contribution >= 0.6 is 0 Å². The molecule has 0 saturated heterocycles. The molecule has 0 atom stereocenters. The molecule has 0 amide bonds. The first-order chi connectivity index (χ1) is 7.20. The third-order valence-corrected chi connectivity index (χ3v) is 2.02. The zero-order valence-corrected chi connectivity index (χ0v) is 8.19. The molecular weight excluding hydrogens is 196 g/mol. The largest absolute Gasteiger partial charge is 0.508 e. The lowest BCUT2D eigenvalue weighted by Crippen LogP contribution is -2.04. The lowest BCUT2D eigenvalue weighted by atomic mass is 10.2. The second-order valence-corrected chi connectivity index (χ2v) is 3.09. The molecule has 1 N–H and O–H groups in total. The van der Waals surface area contributed by atoms with Crippen molar-refractivity contribution in [3.63, 3.8) is 0 Å². The summed E-state index contributed by atoms with van der Waals surface area (Å²) in [5, 5.41) is 9.23. The molecule has 4 nitrogen and oxygen atoms in total. The standard InChI is InChI=1S/C11H10O4/c1-2-14-11(13)10-5-7-3-9(12)4-8(7)6-15-10/h3-6,12H,2H2,1H3. The summed E-state index contributed by atoms with van der Waals surface area (Å²) in [5.41, 5.74) is 1.50. The maximum atomic E-state index is 11.3. The minimum Gasteiger partial charge on any atom is -0.508 e. The first kappa shape index (κ1) is 9.58. The van der Waals surface area contributed by atoms with Gasteiger partial charge in [0.25, 0.3) is 0 Å². The summed E-state index contributed by atoms with van der Waals surface area (Å²) in [6.07, 6.45) is 1.42. The Morgan fingerprint density at radius 3 is 2.87 bits per heavy atom. The molecule has 2 rings (SSSR count). The monoisotopic (exact) mass is 206 g/mol. The SMILES string of the molecule is CCOC(=O)c1cc2cc(O)cc-2co1. The summed E-state index contributed by atoms with van der Waals surface area (Å²) in [4.78, 5) is 11.3. The number of aromatic hydroxyl groups is 1. The van der Waals surface area contributed by atoms with E-state index in [4.69, 9.17) is 9.15 Å². The van der Waals surface area contributed by atoms with Crippen LogP contribution in [0.5, 0.6) is 5.75 Å². The summed E-state index contributed by atoms with van der Waals surface area (Å²) < 4.78 is 9.87. The molecule has 2 aliphatic rings. The van der Waals surface area contributed by atoms with Crippen LogP contribution in [0.4, 0.5) is 0 Å². The molecule has 0 bridgehead atoms. The lowest BCUT2D eigenvalue weighted by molar-refractivity contribution is 0.0487. The topological polar surface area (TPSA) is 59.7 Å². The average molecular weight is 206 g/mol. The summed E-state index contributed by atoms with van der Waals surface area (Å²) in [6.45, 7) is 2.03. The summed E-state index contributed by atoms with van der Waals surface area (Å²) in [6, 6.07) is 4.67. The van der Waals surface area contributed by atoms with Gasteiger partial charge in [-0.2, -0.15) is 0 Å². The fraction of sp³-hybridized carbons (Fsp3) is 0.182. The molecule has 1 aliphatic heterocycles. The third-order valence-electron chi connectivity index (χ3n) is 2.02. The molecule has 0 aromatic rings. The lowest BCUT2D eigenvalue weighted by Gasteiger charge is -2.02. The van der Waals surface area contributed by atoms with Gasteiger partial charge in [-0.15, -0.1) is 0 Å². The highest BCUT2D eigenvalue weighted by Gasteiger charge is 2.14. The molecule has 0 unspecified atom stereocenters. The molecule has 0 spiro atoms. The van der Waals surface area contributed by atoms with Crippen LogP contribution in [0, 0.1) is 0 Å². The van der Waals surface area contributed by atoms with Gasteiger partial charge in [0, 0.05) is 5.56 Å². The molecule has 15 heavy (non-hydrogen) atoms. The Bertz CT molecular complexity index is 458. The molecule has 0 saturated carbocycles. The van der Waals surface area contributed by atoms with Gasteiger partial charge in [0.05, 0.1) is 12.9 Å². The predicted octanol–water partition coefficient (Wildman–Crippen LogP) is 2.27. The van der Waals surface area contributed by atoms with E-state index < -0.39 is 5.97 Å². The van der Waals surface area contributed by atoms with E-state index in [1.54, 1.807) is 25.1 Å². The third kappa shape index (κ3) is 1.79. The number of hydrogen-bond donors (Lipinski definition) is 1. The number of carbonyl (C=O) groups excluding carboxylic acids is 1. The molecule has 4 heteroatoms. The first-order valence-corrected chi connectivity index (χ1v) is 4.59. The minimum absolute atomic E-state index is 0.134. The van der Waals surface area contributed by atoms with Crippen molar-refractivity contribution in [1.82, 2.24) is 0 Å². The van der Waals surface area contributed by atoms with Crippen LogP contribution in [-0.4, -0.2) is 17.7 Å². The Morgan fingerprint density at radius 1 is 1.40 bits per heavy atom. The van der Waals surface area contributed by atoms with Gasteiger partial charge < -0.3 is 14.3 Å². The second kappa shape index (κ2) is 3.65. The van der Waals surface area contributed by atoms with Gasteiger partial charge in [0.1, 0.15) is 5.75 Å². The van der Waals surface area contributed by atoms with E-state index in [-0.39, 0.29) is 11.5 Å². The van der Waals surface area contributed by atoms with Gasteiger partial charge in [0.15, 0.2) is 0 Å². The summed E-state index contributed by atoms with van der Waals surface area (Å²) in [7, 11) is 0. The highest BCUT2D eigenvalue weighted by molar-refractivity contribution is 5.88. The molecular formula is C11H10O4. The highest BCUT2D eigenvalue weighted by atomic mass is 16.5. The van der Waals surface area contributed by atoms with Gasteiger partial charge >= 0.3 is 5.97 Å². The number of ether oxygens (including phenoxy) is 1. The van der Waals surface area contributed by atoms with Crippen molar-refractivity contribution in [3.05, 3.63) is 30.2 Å². The van der Waals surface area contributed by atoms with Gasteiger partial charge in [-0.3, -0.25) is 0 Å². The molecule has 1 heterocycles. The van der Waals surface area contributed by atoms with Gasteiger partial charge in [-0.05, 0) is 30.7 Å². The summed E-state index contributed by atoms with van der Waals surface area (Å²) in [5.74, 6) is -0.212. The van der Waals surface area contributed by atoms with Gasteiger partial charge in [-0.25, -0.2) is 4.79 Å². The van der Waals surface area contributed by atoms with E-state index in [1.807, 2.05) is 0 Å². The van der Waals surface area contributed by atoms with Crippen LogP contribution in [-0.2, 0) is 4.74 Å². The average Bonchev–Trinajstić information content (AvgIpc) is 2.57. The van der Waals surface area contributed by atoms with E-state index in [0.717, 1.165) is 11.1 Å². The van der Waals surface area contributed by atoms with E-state index in [0.29, 0.717) is 6.61 Å². The molecule has 0 fully saturated rings. The minimum atomic E-state index is -0.500. The fourth-order valence-corrected chi connectivity index (χ4v) is 1.37. The Labute approximate surface area is 86.4 Å². The number of fused-ring (bicyclic) bond motifs is 1. The Morgan fingerprint density at radius 2 is 2.13 bits per heavy atom.